The molecule has 1 saturated carbocycles. The second kappa shape index (κ2) is 4.65. The van der Waals surface area contributed by atoms with Crippen molar-refractivity contribution in [3.05, 3.63) is 22.1 Å². The molecule has 1 aromatic heterocycles. The Kier molecular flexibility index (Phi) is 3.24. The third-order valence-corrected chi connectivity index (χ3v) is 2.63. The molecular formula is C11H17N3O2. The maximum absolute atomic E-state index is 11.7. The van der Waals surface area contributed by atoms with Crippen molar-refractivity contribution in [2.24, 2.45) is 0 Å². The molecule has 0 saturated heterocycles. The van der Waals surface area contributed by atoms with Crippen molar-refractivity contribution < 1.29 is 4.74 Å². The molecule has 1 aromatic rings. The van der Waals surface area contributed by atoms with Crippen LogP contribution in [0, 0.1) is 6.92 Å². The zero-order chi connectivity index (χ0) is 11.5. The first-order valence-electron chi connectivity index (χ1n) is 5.56. The van der Waals surface area contributed by atoms with Crippen LogP contribution in [0.25, 0.3) is 0 Å². The lowest BCUT2D eigenvalue weighted by atomic mass is 10.4. The van der Waals surface area contributed by atoms with Crippen LogP contribution in [-0.2, 0) is 6.54 Å². The van der Waals surface area contributed by atoms with E-state index in [0.29, 0.717) is 24.3 Å². The van der Waals surface area contributed by atoms with Gasteiger partial charge in [0.25, 0.3) is 11.6 Å². The van der Waals surface area contributed by atoms with Crippen LogP contribution in [0.3, 0.4) is 0 Å². The second-order valence-electron chi connectivity index (χ2n) is 4.10. The van der Waals surface area contributed by atoms with E-state index in [-0.39, 0.29) is 5.56 Å². The van der Waals surface area contributed by atoms with E-state index in [2.05, 4.69) is 10.3 Å². The molecule has 0 amide bonds. The van der Waals surface area contributed by atoms with Crippen molar-refractivity contribution in [1.29, 1.82) is 0 Å². The van der Waals surface area contributed by atoms with Crippen molar-refractivity contribution in [2.45, 2.75) is 32.4 Å². The first kappa shape index (κ1) is 11.1. The van der Waals surface area contributed by atoms with Gasteiger partial charge in [-0.25, -0.2) is 4.98 Å². The molecule has 0 spiro atoms. The Bertz CT molecular complexity index is 424. The molecule has 0 aliphatic heterocycles. The number of aryl methyl sites for hydroxylation is 1. The van der Waals surface area contributed by atoms with Gasteiger partial charge in [0.1, 0.15) is 0 Å². The lowest BCUT2D eigenvalue weighted by Gasteiger charge is -2.11. The normalized spacial score (nSPS) is 15.1. The van der Waals surface area contributed by atoms with Crippen LogP contribution < -0.4 is 15.6 Å². The predicted molar refractivity (Wildman–Crippen MR) is 60.8 cm³/mol. The minimum Gasteiger partial charge on any atom is -0.468 e. The van der Waals surface area contributed by atoms with Crippen molar-refractivity contribution in [3.8, 4) is 6.01 Å². The Hall–Kier alpha value is -1.36. The van der Waals surface area contributed by atoms with Gasteiger partial charge < -0.3 is 10.1 Å². The SMILES string of the molecule is COc1nc(C)cc(=O)n1CCNC1CC1. The largest absolute Gasteiger partial charge is 0.468 e. The maximum atomic E-state index is 11.7. The summed E-state index contributed by atoms with van der Waals surface area (Å²) < 4.78 is 6.66. The number of aromatic nitrogens is 2. The van der Waals surface area contributed by atoms with Crippen LogP contribution in [0.4, 0.5) is 0 Å². The van der Waals surface area contributed by atoms with Gasteiger partial charge in [0.2, 0.25) is 0 Å². The first-order chi connectivity index (χ1) is 7.70. The first-order valence-corrected chi connectivity index (χ1v) is 5.56. The molecule has 5 nitrogen and oxygen atoms in total. The van der Waals surface area contributed by atoms with Crippen molar-refractivity contribution in [2.75, 3.05) is 13.7 Å². The molecule has 0 atom stereocenters. The van der Waals surface area contributed by atoms with Crippen LogP contribution in [0.1, 0.15) is 18.5 Å². The molecule has 1 N–H and O–H groups in total. The van der Waals surface area contributed by atoms with Crippen LogP contribution in [0.5, 0.6) is 6.01 Å². The molecular weight excluding hydrogens is 206 g/mol. The minimum atomic E-state index is -0.0538. The number of nitrogens with one attached hydrogen (secondary N) is 1. The van der Waals surface area contributed by atoms with Crippen LogP contribution in [0.2, 0.25) is 0 Å². The van der Waals surface area contributed by atoms with E-state index in [4.69, 9.17) is 4.74 Å². The van der Waals surface area contributed by atoms with Gasteiger partial charge in [-0.3, -0.25) is 9.36 Å². The molecule has 2 rings (SSSR count). The summed E-state index contributed by atoms with van der Waals surface area (Å²) in [6.45, 7) is 3.17. The molecule has 1 fully saturated rings. The number of rotatable bonds is 5. The van der Waals surface area contributed by atoms with Gasteiger partial charge in [-0.15, -0.1) is 0 Å². The smallest absolute Gasteiger partial charge is 0.299 e. The molecule has 1 aliphatic carbocycles. The average Bonchev–Trinajstić information content (AvgIpc) is 3.04. The van der Waals surface area contributed by atoms with Gasteiger partial charge in [-0.2, -0.15) is 0 Å². The van der Waals surface area contributed by atoms with E-state index < -0.39 is 0 Å². The molecule has 1 heterocycles. The summed E-state index contributed by atoms with van der Waals surface area (Å²) in [5.41, 5.74) is 0.634. The van der Waals surface area contributed by atoms with Crippen molar-refractivity contribution in [3.63, 3.8) is 0 Å². The Labute approximate surface area is 94.5 Å². The van der Waals surface area contributed by atoms with Crippen LogP contribution in [-0.4, -0.2) is 29.2 Å². The lowest BCUT2D eigenvalue weighted by Crippen LogP contribution is -2.29. The van der Waals surface area contributed by atoms with Crippen LogP contribution >= 0.6 is 0 Å². The highest BCUT2D eigenvalue weighted by molar-refractivity contribution is 5.06. The molecule has 0 bridgehead atoms. The predicted octanol–water partition coefficient (Wildman–Crippen LogP) is 0.312. The number of hydrogen-bond acceptors (Lipinski definition) is 4. The summed E-state index contributed by atoms with van der Waals surface area (Å²) in [6.07, 6.45) is 2.50. The van der Waals surface area contributed by atoms with Crippen LogP contribution in [0.15, 0.2) is 10.9 Å². The number of hydrogen-bond donors (Lipinski definition) is 1. The molecule has 0 radical (unpaired) electrons. The van der Waals surface area contributed by atoms with E-state index in [1.54, 1.807) is 11.5 Å². The monoisotopic (exact) mass is 223 g/mol. The van der Waals surface area contributed by atoms with Crippen molar-refractivity contribution >= 4 is 0 Å². The van der Waals surface area contributed by atoms with E-state index in [9.17, 15) is 4.79 Å². The Morgan fingerprint density at radius 2 is 2.38 bits per heavy atom. The zero-order valence-corrected chi connectivity index (χ0v) is 9.69. The summed E-state index contributed by atoms with van der Waals surface area (Å²) in [4.78, 5) is 15.9. The summed E-state index contributed by atoms with van der Waals surface area (Å²) in [7, 11) is 1.53. The molecule has 0 aromatic carbocycles. The third kappa shape index (κ3) is 2.61. The second-order valence-corrected chi connectivity index (χ2v) is 4.10. The van der Waals surface area contributed by atoms with Gasteiger partial charge >= 0.3 is 0 Å². The fourth-order valence-corrected chi connectivity index (χ4v) is 1.62. The summed E-state index contributed by atoms with van der Waals surface area (Å²) in [5.74, 6) is 0. The van der Waals surface area contributed by atoms with Gasteiger partial charge in [0.05, 0.1) is 7.11 Å². The quantitative estimate of drug-likeness (QED) is 0.780. The number of methoxy groups -OCH3 is 1. The lowest BCUT2D eigenvalue weighted by molar-refractivity contribution is 0.342. The highest BCUT2D eigenvalue weighted by Crippen LogP contribution is 2.18. The third-order valence-electron chi connectivity index (χ3n) is 2.63. The summed E-state index contributed by atoms with van der Waals surface area (Å²) in [5, 5.41) is 3.36. The van der Waals surface area contributed by atoms with Gasteiger partial charge in [0, 0.05) is 30.9 Å². The van der Waals surface area contributed by atoms with Gasteiger partial charge in [0.15, 0.2) is 0 Å². The van der Waals surface area contributed by atoms with E-state index in [1.807, 2.05) is 0 Å². The summed E-state index contributed by atoms with van der Waals surface area (Å²) >= 11 is 0. The Balaban J connectivity index is 2.07. The van der Waals surface area contributed by atoms with Gasteiger partial charge in [-0.05, 0) is 19.8 Å². The molecule has 5 heteroatoms. The Morgan fingerprint density at radius 3 is 3.00 bits per heavy atom. The highest BCUT2D eigenvalue weighted by Gasteiger charge is 2.20. The standard InChI is InChI=1S/C11H17N3O2/c1-8-7-10(15)14(11(13-8)16-2)6-5-12-9-3-4-9/h7,9,12H,3-6H2,1-2H3. The fourth-order valence-electron chi connectivity index (χ4n) is 1.62. The molecule has 88 valence electrons. The topological polar surface area (TPSA) is 56.1 Å². The maximum Gasteiger partial charge on any atom is 0.299 e. The van der Waals surface area contributed by atoms with E-state index in [1.165, 1.54) is 26.0 Å². The van der Waals surface area contributed by atoms with E-state index in [0.717, 1.165) is 6.54 Å². The van der Waals surface area contributed by atoms with Gasteiger partial charge in [-0.1, -0.05) is 0 Å². The molecule has 1 aliphatic rings. The number of ether oxygens (including phenoxy) is 1. The number of nitrogens with zero attached hydrogens (tertiary/aromatic N) is 2. The highest BCUT2D eigenvalue weighted by atomic mass is 16.5. The summed E-state index contributed by atoms with van der Waals surface area (Å²) in [6, 6.07) is 2.57. The van der Waals surface area contributed by atoms with Crippen molar-refractivity contribution in [1.82, 2.24) is 14.9 Å². The molecule has 0 unspecified atom stereocenters. The fraction of sp³-hybridized carbons (Fsp3) is 0.636. The zero-order valence-electron chi connectivity index (χ0n) is 9.69. The van der Waals surface area contributed by atoms with E-state index >= 15 is 0 Å². The average molecular weight is 223 g/mol. The Morgan fingerprint density at radius 1 is 1.62 bits per heavy atom. The molecule has 16 heavy (non-hydrogen) atoms. The minimum absolute atomic E-state index is 0.0538.